The Morgan fingerprint density at radius 3 is 1.83 bits per heavy atom. The number of benzene rings is 5. The Kier molecular flexibility index (Phi) is 6.16. The van der Waals surface area contributed by atoms with Crippen molar-refractivity contribution < 1.29 is 18.9 Å². The van der Waals surface area contributed by atoms with Crippen LogP contribution in [0.5, 0.6) is 28.7 Å². The summed E-state index contributed by atoms with van der Waals surface area (Å²) in [6.07, 6.45) is 0. The summed E-state index contributed by atoms with van der Waals surface area (Å²) < 4.78 is 24.9. The molecule has 6 nitrogen and oxygen atoms in total. The summed E-state index contributed by atoms with van der Waals surface area (Å²) in [5, 5.41) is 2.44. The van der Waals surface area contributed by atoms with E-state index in [1.165, 1.54) is 0 Å². The Labute approximate surface area is 242 Å². The molecular weight excluding hydrogens is 526 g/mol. The molecule has 7 rings (SSSR count). The number of fused-ring (bicyclic) bond motifs is 2. The van der Waals surface area contributed by atoms with Crippen molar-refractivity contribution in [2.24, 2.45) is 0 Å². The van der Waals surface area contributed by atoms with Gasteiger partial charge in [0.15, 0.2) is 5.75 Å². The topological polar surface area (TPSA) is 58.4 Å². The molecule has 0 fully saturated rings. The lowest BCUT2D eigenvalue weighted by atomic mass is 9.97. The number of methoxy groups -OCH3 is 3. The summed E-state index contributed by atoms with van der Waals surface area (Å²) in [6, 6.07) is 35.0. The Hall–Kier alpha value is -5.49. The molecular formula is C36H27NO5. The average Bonchev–Trinajstić information content (AvgIpc) is 3.41. The molecule has 5 aromatic carbocycles. The van der Waals surface area contributed by atoms with Gasteiger partial charge in [0.25, 0.3) is 0 Å². The molecule has 0 unspecified atom stereocenters. The second-order valence-electron chi connectivity index (χ2n) is 10.0. The van der Waals surface area contributed by atoms with Crippen molar-refractivity contribution in [3.63, 3.8) is 0 Å². The van der Waals surface area contributed by atoms with Crippen LogP contribution >= 0.6 is 0 Å². The molecule has 0 aliphatic rings. The van der Waals surface area contributed by atoms with Crippen molar-refractivity contribution in [1.29, 1.82) is 0 Å². The number of nitrogens with zero attached hydrogens (tertiary/aromatic N) is 1. The molecule has 0 amide bonds. The number of hydrogen-bond acceptors (Lipinski definition) is 5. The minimum atomic E-state index is -0.178. The van der Waals surface area contributed by atoms with Crippen LogP contribution in [-0.2, 0) is 0 Å². The molecule has 206 valence electrons. The molecule has 0 radical (unpaired) electrons. The number of rotatable bonds is 7. The van der Waals surface area contributed by atoms with Crippen LogP contribution in [-0.4, -0.2) is 25.7 Å². The normalized spacial score (nSPS) is 11.3. The van der Waals surface area contributed by atoms with Crippen LogP contribution in [0, 0.1) is 0 Å². The van der Waals surface area contributed by atoms with Crippen LogP contribution in [0.3, 0.4) is 0 Å². The van der Waals surface area contributed by atoms with E-state index in [9.17, 15) is 4.79 Å². The zero-order valence-corrected chi connectivity index (χ0v) is 23.4. The van der Waals surface area contributed by atoms with Crippen LogP contribution < -0.4 is 24.4 Å². The van der Waals surface area contributed by atoms with Gasteiger partial charge < -0.3 is 23.3 Å². The van der Waals surface area contributed by atoms with Gasteiger partial charge in [-0.25, -0.2) is 0 Å². The van der Waals surface area contributed by atoms with E-state index in [0.717, 1.165) is 61.4 Å². The summed E-state index contributed by atoms with van der Waals surface area (Å²) >= 11 is 0. The Balaban J connectivity index is 1.67. The van der Waals surface area contributed by atoms with Gasteiger partial charge in [-0.3, -0.25) is 4.79 Å². The quantitative estimate of drug-likeness (QED) is 0.186. The van der Waals surface area contributed by atoms with E-state index >= 15 is 0 Å². The lowest BCUT2D eigenvalue weighted by Crippen LogP contribution is -2.06. The van der Waals surface area contributed by atoms with E-state index in [0.29, 0.717) is 11.1 Å². The largest absolute Gasteiger partial charge is 0.497 e. The highest BCUT2D eigenvalue weighted by Crippen LogP contribution is 2.45. The molecule has 0 saturated carbocycles. The van der Waals surface area contributed by atoms with Gasteiger partial charge in [-0.05, 0) is 90.0 Å². The fourth-order valence-corrected chi connectivity index (χ4v) is 5.71. The molecule has 0 N–H and O–H groups in total. The predicted molar refractivity (Wildman–Crippen MR) is 167 cm³/mol. The van der Waals surface area contributed by atoms with Gasteiger partial charge in [-0.2, -0.15) is 0 Å². The maximum atomic E-state index is 14.4. The number of pyridine rings is 1. The molecule has 0 aliphatic carbocycles. The third-order valence-electron chi connectivity index (χ3n) is 7.68. The first-order chi connectivity index (χ1) is 20.6. The molecule has 0 atom stereocenters. The zero-order valence-electron chi connectivity index (χ0n) is 23.4. The SMILES string of the molecule is COc1ccc(-c2c(-c3ccc(OC)cc3)n3c4ccc(OC)cc4cc4cc(Oc5ccccc5)c(=O)c2c43)cc1. The highest BCUT2D eigenvalue weighted by molar-refractivity contribution is 6.15. The van der Waals surface area contributed by atoms with E-state index < -0.39 is 0 Å². The molecule has 0 spiro atoms. The van der Waals surface area contributed by atoms with Crippen molar-refractivity contribution >= 4 is 27.2 Å². The molecule has 7 aromatic rings. The second kappa shape index (κ2) is 10.2. The highest BCUT2D eigenvalue weighted by atomic mass is 16.5. The minimum Gasteiger partial charge on any atom is -0.497 e. The van der Waals surface area contributed by atoms with Crippen molar-refractivity contribution in [3.8, 4) is 51.1 Å². The number of hydrogen-bond donors (Lipinski definition) is 0. The first-order valence-electron chi connectivity index (χ1n) is 13.6. The van der Waals surface area contributed by atoms with Gasteiger partial charge in [0, 0.05) is 16.3 Å². The van der Waals surface area contributed by atoms with Crippen LogP contribution in [0.2, 0.25) is 0 Å². The first kappa shape index (κ1) is 25.5. The van der Waals surface area contributed by atoms with Gasteiger partial charge in [0.05, 0.1) is 43.4 Å². The van der Waals surface area contributed by atoms with Gasteiger partial charge >= 0.3 is 0 Å². The fraction of sp³-hybridized carbons (Fsp3) is 0.0833. The Morgan fingerprint density at radius 2 is 1.19 bits per heavy atom. The maximum Gasteiger partial charge on any atom is 0.231 e. The molecule has 42 heavy (non-hydrogen) atoms. The summed E-state index contributed by atoms with van der Waals surface area (Å²) in [4.78, 5) is 14.4. The second-order valence-corrected chi connectivity index (χ2v) is 10.0. The van der Waals surface area contributed by atoms with E-state index in [4.69, 9.17) is 18.9 Å². The summed E-state index contributed by atoms with van der Waals surface area (Å²) in [5.74, 6) is 3.10. The van der Waals surface area contributed by atoms with Crippen LogP contribution in [0.25, 0.3) is 49.6 Å². The minimum absolute atomic E-state index is 0.178. The van der Waals surface area contributed by atoms with Gasteiger partial charge in [-0.15, -0.1) is 0 Å². The fourth-order valence-electron chi connectivity index (χ4n) is 5.71. The standard InChI is InChI=1S/C36H27NO5/c1-39-26-13-9-22(10-14-26)32-33-35-25(21-31(36(33)38)42-28-7-5-4-6-8-28)19-24-20-29(41-3)17-18-30(24)37(35)34(32)23-11-15-27(40-2)16-12-23/h4-21H,1-3H3. The van der Waals surface area contributed by atoms with Crippen molar-refractivity contribution in [3.05, 3.63) is 119 Å². The third kappa shape index (κ3) is 4.08. The number of para-hydroxylation sites is 1. The maximum absolute atomic E-state index is 14.4. The van der Waals surface area contributed by atoms with Gasteiger partial charge in [-0.1, -0.05) is 30.3 Å². The molecule has 6 heteroatoms. The summed E-state index contributed by atoms with van der Waals surface area (Å²) in [7, 11) is 4.95. The van der Waals surface area contributed by atoms with Gasteiger partial charge in [0.1, 0.15) is 23.0 Å². The van der Waals surface area contributed by atoms with Crippen molar-refractivity contribution in [2.45, 2.75) is 0 Å². The van der Waals surface area contributed by atoms with Gasteiger partial charge in [0.2, 0.25) is 5.43 Å². The zero-order chi connectivity index (χ0) is 28.8. The Bertz CT molecular complexity index is 2120. The van der Waals surface area contributed by atoms with Crippen LogP contribution in [0.1, 0.15) is 0 Å². The summed E-state index contributed by atoms with van der Waals surface area (Å²) in [5.41, 5.74) is 5.15. The molecule has 0 saturated heterocycles. The van der Waals surface area contributed by atoms with Crippen LogP contribution in [0.15, 0.2) is 114 Å². The average molecular weight is 554 g/mol. The monoisotopic (exact) mass is 553 g/mol. The first-order valence-corrected chi connectivity index (χ1v) is 13.6. The molecule has 2 heterocycles. The molecule has 0 bridgehead atoms. The van der Waals surface area contributed by atoms with E-state index in [2.05, 4.69) is 10.5 Å². The van der Waals surface area contributed by atoms with E-state index in [1.54, 1.807) is 21.3 Å². The smallest absolute Gasteiger partial charge is 0.231 e. The molecule has 2 aromatic heterocycles. The summed E-state index contributed by atoms with van der Waals surface area (Å²) in [6.45, 7) is 0. The third-order valence-corrected chi connectivity index (χ3v) is 7.68. The van der Waals surface area contributed by atoms with E-state index in [1.807, 2.05) is 103 Å². The number of aromatic nitrogens is 1. The van der Waals surface area contributed by atoms with Crippen molar-refractivity contribution in [2.75, 3.05) is 21.3 Å². The molecule has 0 aliphatic heterocycles. The van der Waals surface area contributed by atoms with E-state index in [-0.39, 0.29) is 11.2 Å². The highest BCUT2D eigenvalue weighted by Gasteiger charge is 2.26. The lowest BCUT2D eigenvalue weighted by Gasteiger charge is -2.13. The predicted octanol–water partition coefficient (Wildman–Crippen LogP) is 8.20. The Morgan fingerprint density at radius 1 is 0.571 bits per heavy atom. The van der Waals surface area contributed by atoms with Crippen molar-refractivity contribution in [1.82, 2.24) is 4.40 Å². The number of ether oxygens (including phenoxy) is 4. The van der Waals surface area contributed by atoms with Crippen LogP contribution in [0.4, 0.5) is 0 Å². The lowest BCUT2D eigenvalue weighted by molar-refractivity contribution is 0.414.